The minimum absolute atomic E-state index is 0.350. The molecule has 1 aliphatic carbocycles. The van der Waals surface area contributed by atoms with Crippen LogP contribution in [0.3, 0.4) is 0 Å². The molecule has 1 atom stereocenters. The maximum Gasteiger partial charge on any atom is 0.0641 e. The average molecular weight is 283 g/mol. The molecular weight excluding hydrogens is 258 g/mol. The molecule has 0 saturated heterocycles. The van der Waals surface area contributed by atoms with Crippen molar-refractivity contribution in [3.8, 4) is 0 Å². The van der Waals surface area contributed by atoms with Crippen molar-refractivity contribution in [3.05, 3.63) is 52.3 Å². The number of hydrogen-bond donors (Lipinski definition) is 1. The number of hydrogen-bond acceptors (Lipinski definition) is 2. The van der Waals surface area contributed by atoms with Crippen LogP contribution in [0.25, 0.3) is 0 Å². The van der Waals surface area contributed by atoms with Crippen LogP contribution in [0, 0.1) is 6.92 Å². The SMILES string of the molecule is CCNC(Cc1ccc2c(c1)CCC2)c1cn(C)nc1C. The first-order valence-corrected chi connectivity index (χ1v) is 8.01. The molecule has 21 heavy (non-hydrogen) atoms. The molecule has 112 valence electrons. The number of benzene rings is 1. The van der Waals surface area contributed by atoms with Crippen molar-refractivity contribution in [3.63, 3.8) is 0 Å². The molecule has 0 bridgehead atoms. The number of rotatable bonds is 5. The molecular formula is C18H25N3. The van der Waals surface area contributed by atoms with Gasteiger partial charge in [0.05, 0.1) is 5.69 Å². The normalized spacial score (nSPS) is 15.2. The third kappa shape index (κ3) is 3.03. The van der Waals surface area contributed by atoms with Crippen molar-refractivity contribution in [2.45, 2.75) is 45.6 Å². The Morgan fingerprint density at radius 1 is 1.29 bits per heavy atom. The summed E-state index contributed by atoms with van der Waals surface area (Å²) in [6, 6.07) is 7.40. The molecule has 1 aromatic carbocycles. The Labute approximate surface area is 127 Å². The van der Waals surface area contributed by atoms with Gasteiger partial charge in [-0.1, -0.05) is 25.1 Å². The highest BCUT2D eigenvalue weighted by atomic mass is 15.3. The predicted molar refractivity (Wildman–Crippen MR) is 86.5 cm³/mol. The van der Waals surface area contributed by atoms with Crippen molar-refractivity contribution >= 4 is 0 Å². The van der Waals surface area contributed by atoms with Gasteiger partial charge in [-0.25, -0.2) is 0 Å². The number of aromatic nitrogens is 2. The second kappa shape index (κ2) is 6.02. The molecule has 0 saturated carbocycles. The summed E-state index contributed by atoms with van der Waals surface area (Å²) in [5.41, 5.74) is 7.00. The maximum absolute atomic E-state index is 4.49. The van der Waals surface area contributed by atoms with Crippen LogP contribution in [-0.2, 0) is 26.3 Å². The lowest BCUT2D eigenvalue weighted by Crippen LogP contribution is -2.23. The van der Waals surface area contributed by atoms with E-state index in [1.165, 1.54) is 30.4 Å². The number of likely N-dealkylation sites (N-methyl/N-ethyl adjacent to an activating group) is 1. The predicted octanol–water partition coefficient (Wildman–Crippen LogP) is 3.11. The van der Waals surface area contributed by atoms with Gasteiger partial charge in [-0.3, -0.25) is 4.68 Å². The molecule has 0 amide bonds. The highest BCUT2D eigenvalue weighted by molar-refractivity contribution is 5.36. The number of nitrogens with one attached hydrogen (secondary N) is 1. The monoisotopic (exact) mass is 283 g/mol. The molecule has 0 fully saturated rings. The average Bonchev–Trinajstić information content (AvgIpc) is 3.04. The van der Waals surface area contributed by atoms with Gasteiger partial charge >= 0.3 is 0 Å². The number of fused-ring (bicyclic) bond motifs is 1. The fraction of sp³-hybridized carbons (Fsp3) is 0.500. The summed E-state index contributed by atoms with van der Waals surface area (Å²) < 4.78 is 1.91. The molecule has 0 radical (unpaired) electrons. The summed E-state index contributed by atoms with van der Waals surface area (Å²) in [6.45, 7) is 5.24. The van der Waals surface area contributed by atoms with Gasteiger partial charge in [0, 0.05) is 24.8 Å². The van der Waals surface area contributed by atoms with E-state index in [0.29, 0.717) is 6.04 Å². The fourth-order valence-corrected chi connectivity index (χ4v) is 3.49. The molecule has 1 unspecified atom stereocenters. The Bertz CT molecular complexity index is 627. The minimum atomic E-state index is 0.350. The molecule has 3 nitrogen and oxygen atoms in total. The van der Waals surface area contributed by atoms with E-state index in [0.717, 1.165) is 18.7 Å². The Morgan fingerprint density at radius 3 is 2.81 bits per heavy atom. The van der Waals surface area contributed by atoms with E-state index in [1.54, 1.807) is 11.1 Å². The largest absolute Gasteiger partial charge is 0.310 e. The van der Waals surface area contributed by atoms with Gasteiger partial charge in [-0.15, -0.1) is 0 Å². The lowest BCUT2D eigenvalue weighted by molar-refractivity contribution is 0.547. The van der Waals surface area contributed by atoms with Gasteiger partial charge in [0.2, 0.25) is 0 Å². The molecule has 1 heterocycles. The molecule has 0 aliphatic heterocycles. The van der Waals surface area contributed by atoms with Crippen molar-refractivity contribution in [1.82, 2.24) is 15.1 Å². The number of nitrogens with zero attached hydrogens (tertiary/aromatic N) is 2. The Hall–Kier alpha value is -1.61. The molecule has 1 aromatic heterocycles. The summed E-state index contributed by atoms with van der Waals surface area (Å²) in [5, 5.41) is 8.11. The van der Waals surface area contributed by atoms with Gasteiger partial charge in [0.25, 0.3) is 0 Å². The van der Waals surface area contributed by atoms with Crippen LogP contribution in [0.1, 0.15) is 47.3 Å². The molecule has 2 aromatic rings. The number of aryl methyl sites for hydroxylation is 4. The molecule has 1 aliphatic rings. The van der Waals surface area contributed by atoms with Crippen LogP contribution in [0.2, 0.25) is 0 Å². The first kappa shape index (κ1) is 14.3. The zero-order valence-electron chi connectivity index (χ0n) is 13.3. The third-order valence-corrected chi connectivity index (χ3v) is 4.48. The zero-order valence-corrected chi connectivity index (χ0v) is 13.3. The highest BCUT2D eigenvalue weighted by Crippen LogP contribution is 2.26. The molecule has 0 spiro atoms. The third-order valence-electron chi connectivity index (χ3n) is 4.48. The Balaban J connectivity index is 1.83. The van der Waals surface area contributed by atoms with Gasteiger partial charge in [0.15, 0.2) is 0 Å². The topological polar surface area (TPSA) is 29.9 Å². The standard InChI is InChI=1S/C18H25N3/c1-4-19-18(17-12-21(3)20-13(17)2)11-14-8-9-15-6-5-7-16(15)10-14/h8-10,12,18-19H,4-7,11H2,1-3H3. The van der Waals surface area contributed by atoms with E-state index in [9.17, 15) is 0 Å². The van der Waals surface area contributed by atoms with E-state index < -0.39 is 0 Å². The van der Waals surface area contributed by atoms with E-state index in [-0.39, 0.29) is 0 Å². The van der Waals surface area contributed by atoms with E-state index in [2.05, 4.69) is 48.7 Å². The quantitative estimate of drug-likeness (QED) is 0.914. The van der Waals surface area contributed by atoms with Crippen molar-refractivity contribution in [1.29, 1.82) is 0 Å². The smallest absolute Gasteiger partial charge is 0.0641 e. The van der Waals surface area contributed by atoms with Crippen molar-refractivity contribution < 1.29 is 0 Å². The Kier molecular flexibility index (Phi) is 4.11. The van der Waals surface area contributed by atoms with E-state index >= 15 is 0 Å². The highest BCUT2D eigenvalue weighted by Gasteiger charge is 2.18. The van der Waals surface area contributed by atoms with Gasteiger partial charge < -0.3 is 5.32 Å². The lowest BCUT2D eigenvalue weighted by atomic mass is 9.97. The second-order valence-electron chi connectivity index (χ2n) is 6.11. The summed E-state index contributed by atoms with van der Waals surface area (Å²) in [7, 11) is 1.99. The van der Waals surface area contributed by atoms with Gasteiger partial charge in [0.1, 0.15) is 0 Å². The van der Waals surface area contributed by atoms with Crippen LogP contribution < -0.4 is 5.32 Å². The second-order valence-corrected chi connectivity index (χ2v) is 6.11. The van der Waals surface area contributed by atoms with E-state index in [1.807, 2.05) is 11.7 Å². The molecule has 3 heteroatoms. The summed E-state index contributed by atoms with van der Waals surface area (Å²) in [5.74, 6) is 0. The zero-order chi connectivity index (χ0) is 14.8. The lowest BCUT2D eigenvalue weighted by Gasteiger charge is -2.18. The molecule has 1 N–H and O–H groups in total. The summed E-state index contributed by atoms with van der Waals surface area (Å²) in [4.78, 5) is 0. The van der Waals surface area contributed by atoms with Gasteiger partial charge in [-0.2, -0.15) is 5.10 Å². The van der Waals surface area contributed by atoms with Gasteiger partial charge in [-0.05, 0) is 55.8 Å². The summed E-state index contributed by atoms with van der Waals surface area (Å²) in [6.07, 6.45) is 7.01. The van der Waals surface area contributed by atoms with Crippen molar-refractivity contribution in [2.24, 2.45) is 7.05 Å². The van der Waals surface area contributed by atoms with Crippen LogP contribution in [0.15, 0.2) is 24.4 Å². The maximum atomic E-state index is 4.49. The minimum Gasteiger partial charge on any atom is -0.310 e. The summed E-state index contributed by atoms with van der Waals surface area (Å²) >= 11 is 0. The van der Waals surface area contributed by atoms with Crippen molar-refractivity contribution in [2.75, 3.05) is 6.54 Å². The van der Waals surface area contributed by atoms with Crippen LogP contribution in [-0.4, -0.2) is 16.3 Å². The first-order chi connectivity index (χ1) is 10.2. The Morgan fingerprint density at radius 2 is 2.10 bits per heavy atom. The van der Waals surface area contributed by atoms with E-state index in [4.69, 9.17) is 0 Å². The van der Waals surface area contributed by atoms with Crippen LogP contribution >= 0.6 is 0 Å². The first-order valence-electron chi connectivity index (χ1n) is 8.01. The fourth-order valence-electron chi connectivity index (χ4n) is 3.49. The molecule has 3 rings (SSSR count). The van der Waals surface area contributed by atoms with Crippen LogP contribution in [0.4, 0.5) is 0 Å². The van der Waals surface area contributed by atoms with Crippen LogP contribution in [0.5, 0.6) is 0 Å².